The molecule has 1 unspecified atom stereocenters. The van der Waals surface area contributed by atoms with Crippen molar-refractivity contribution < 1.29 is 27.2 Å². The molecule has 0 bridgehead atoms. The third-order valence-electron chi connectivity index (χ3n) is 6.35. The van der Waals surface area contributed by atoms with E-state index < -0.39 is 26.9 Å². The monoisotopic (exact) mass is 565 g/mol. The summed E-state index contributed by atoms with van der Waals surface area (Å²) in [5.41, 5.74) is 8.88. The number of nitrogens with two attached hydrogens (primary N) is 1. The van der Waals surface area contributed by atoms with Crippen molar-refractivity contribution in [2.24, 2.45) is 15.7 Å². The third kappa shape index (κ3) is 5.62. The van der Waals surface area contributed by atoms with E-state index in [0.717, 1.165) is 35.0 Å². The molecule has 5 rings (SSSR count). The predicted molar refractivity (Wildman–Crippen MR) is 152 cm³/mol. The van der Waals surface area contributed by atoms with Gasteiger partial charge in [-0.15, -0.1) is 0 Å². The summed E-state index contributed by atoms with van der Waals surface area (Å²) < 4.78 is 35.1. The zero-order valence-corrected chi connectivity index (χ0v) is 23.4. The van der Waals surface area contributed by atoms with Crippen molar-refractivity contribution in [3.63, 3.8) is 0 Å². The number of carboxylic acid groups (broad SMARTS) is 1. The largest absolute Gasteiger partial charge is 0.495 e. The van der Waals surface area contributed by atoms with E-state index >= 15 is 0 Å². The van der Waals surface area contributed by atoms with Crippen molar-refractivity contribution in [3.05, 3.63) is 78.1 Å². The van der Waals surface area contributed by atoms with Gasteiger partial charge in [-0.3, -0.25) is 19.7 Å². The Balaban J connectivity index is 0.000000867. The van der Waals surface area contributed by atoms with Crippen molar-refractivity contribution >= 4 is 27.9 Å². The van der Waals surface area contributed by atoms with Gasteiger partial charge in [-0.25, -0.2) is 4.99 Å². The normalized spacial score (nSPS) is 17.9. The highest BCUT2D eigenvalue weighted by molar-refractivity contribution is 7.87. The van der Waals surface area contributed by atoms with Crippen molar-refractivity contribution in [3.8, 4) is 22.6 Å². The number of ether oxygens (including phenoxy) is 1. The summed E-state index contributed by atoms with van der Waals surface area (Å²) in [7, 11) is -2.11. The molecule has 2 aromatic carbocycles. The number of aliphatic carboxylic acids is 1. The third-order valence-corrected chi connectivity index (χ3v) is 7.93. The number of rotatable bonds is 7. The van der Waals surface area contributed by atoms with Crippen molar-refractivity contribution in [2.45, 2.75) is 31.6 Å². The fourth-order valence-corrected chi connectivity index (χ4v) is 4.98. The number of hydrogen-bond donors (Lipinski definition) is 2. The lowest BCUT2D eigenvalue weighted by Crippen LogP contribution is -2.41. The number of fused-ring (bicyclic) bond motifs is 1. The van der Waals surface area contributed by atoms with Crippen LogP contribution in [0.2, 0.25) is 0 Å². The molecular weight excluding hydrogens is 534 g/mol. The van der Waals surface area contributed by atoms with Crippen LogP contribution in [-0.4, -0.2) is 66.6 Å². The van der Waals surface area contributed by atoms with Gasteiger partial charge in [0, 0.05) is 25.2 Å². The van der Waals surface area contributed by atoms with Crippen LogP contribution in [0.25, 0.3) is 11.1 Å². The van der Waals surface area contributed by atoms with Gasteiger partial charge in [0.15, 0.2) is 11.5 Å². The SMILES string of the molecule is CC(=O)O.COc1cncc(-c2cccc(C3(c4ccc(OS(=O)(=O)C(C)C)cc4)N=C(N)N4CCN=C43)c2)c1. The van der Waals surface area contributed by atoms with Gasteiger partial charge < -0.3 is 19.8 Å². The Hall–Kier alpha value is -4.45. The zero-order valence-electron chi connectivity index (χ0n) is 22.6. The quantitative estimate of drug-likeness (QED) is 0.410. The van der Waals surface area contributed by atoms with Crippen LogP contribution >= 0.6 is 0 Å². The number of methoxy groups -OCH3 is 1. The van der Waals surface area contributed by atoms with Crippen LogP contribution in [0.3, 0.4) is 0 Å². The second kappa shape index (κ2) is 11.3. The fraction of sp³-hybridized carbons (Fsp3) is 0.286. The molecule has 40 heavy (non-hydrogen) atoms. The summed E-state index contributed by atoms with van der Waals surface area (Å²) in [6, 6.07) is 16.8. The summed E-state index contributed by atoms with van der Waals surface area (Å²) in [6.07, 6.45) is 3.44. The van der Waals surface area contributed by atoms with Crippen LogP contribution < -0.4 is 14.7 Å². The van der Waals surface area contributed by atoms with Crippen LogP contribution in [0.5, 0.6) is 11.5 Å². The number of aliphatic imine (C=N–C) groups is 2. The summed E-state index contributed by atoms with van der Waals surface area (Å²) in [4.78, 5) is 24.9. The number of benzene rings is 2. The van der Waals surface area contributed by atoms with Crippen molar-refractivity contribution in [1.29, 1.82) is 0 Å². The Kier molecular flexibility index (Phi) is 8.10. The fourth-order valence-electron chi connectivity index (χ4n) is 4.41. The number of pyridine rings is 1. The first-order valence-corrected chi connectivity index (χ1v) is 14.0. The minimum absolute atomic E-state index is 0.235. The molecule has 0 aliphatic carbocycles. The lowest BCUT2D eigenvalue weighted by molar-refractivity contribution is -0.134. The molecule has 210 valence electrons. The Bertz CT molecular complexity index is 1570. The Morgan fingerprint density at radius 2 is 1.75 bits per heavy atom. The Labute approximate surface area is 233 Å². The van der Waals surface area contributed by atoms with Crippen LogP contribution in [0.1, 0.15) is 31.9 Å². The summed E-state index contributed by atoms with van der Waals surface area (Å²) >= 11 is 0. The molecule has 1 atom stereocenters. The maximum atomic E-state index is 12.2. The van der Waals surface area contributed by atoms with Gasteiger partial charge in [0.25, 0.3) is 5.97 Å². The molecule has 0 radical (unpaired) electrons. The summed E-state index contributed by atoms with van der Waals surface area (Å²) in [5, 5.41) is 6.76. The van der Waals surface area contributed by atoms with E-state index in [1.807, 2.05) is 47.4 Å². The van der Waals surface area contributed by atoms with E-state index in [9.17, 15) is 8.42 Å². The standard InChI is InChI=1S/C26H27N5O4S.C2H4O2/c1-17(2)36(32,33)35-22-9-7-20(8-10-22)26(24-29-11-12-31(24)25(27)30-26)21-6-4-5-18(13-21)19-14-23(34-3)16-28-15-19;1-2(3)4/h4-10,13-17H,11-12H2,1-3H3,(H2,27,30);1H3,(H,3,4). The van der Waals surface area contributed by atoms with E-state index in [1.54, 1.807) is 45.5 Å². The molecule has 2 aliphatic rings. The number of carbonyl (C=O) groups is 1. The molecule has 3 N–H and O–H groups in total. The highest BCUT2D eigenvalue weighted by Crippen LogP contribution is 2.43. The molecule has 0 saturated carbocycles. The van der Waals surface area contributed by atoms with E-state index in [-0.39, 0.29) is 5.75 Å². The van der Waals surface area contributed by atoms with Gasteiger partial charge in [-0.2, -0.15) is 8.42 Å². The number of aromatic nitrogens is 1. The summed E-state index contributed by atoms with van der Waals surface area (Å²) in [5.74, 6) is 1.19. The van der Waals surface area contributed by atoms with Crippen LogP contribution in [-0.2, 0) is 20.5 Å². The van der Waals surface area contributed by atoms with Gasteiger partial charge in [-0.1, -0.05) is 30.3 Å². The van der Waals surface area contributed by atoms with Gasteiger partial charge in [0.05, 0.1) is 25.1 Å². The molecule has 3 heterocycles. The lowest BCUT2D eigenvalue weighted by Gasteiger charge is -2.29. The van der Waals surface area contributed by atoms with Gasteiger partial charge in [-0.05, 0) is 54.8 Å². The van der Waals surface area contributed by atoms with E-state index in [0.29, 0.717) is 24.8 Å². The first kappa shape index (κ1) is 28.6. The van der Waals surface area contributed by atoms with Crippen molar-refractivity contribution in [1.82, 2.24) is 9.88 Å². The van der Waals surface area contributed by atoms with E-state index in [4.69, 9.17) is 34.5 Å². The first-order chi connectivity index (χ1) is 19.0. The van der Waals surface area contributed by atoms with Gasteiger partial charge in [0.1, 0.15) is 17.3 Å². The van der Waals surface area contributed by atoms with Crippen LogP contribution in [0, 0.1) is 0 Å². The molecule has 0 saturated heterocycles. The average Bonchev–Trinajstić information content (AvgIpc) is 3.52. The van der Waals surface area contributed by atoms with E-state index in [1.165, 1.54) is 0 Å². The molecule has 0 fully saturated rings. The molecule has 0 spiro atoms. The maximum absolute atomic E-state index is 12.2. The molecule has 1 aromatic heterocycles. The number of guanidine groups is 1. The number of amidine groups is 1. The van der Waals surface area contributed by atoms with Crippen molar-refractivity contribution in [2.75, 3.05) is 20.2 Å². The predicted octanol–water partition coefficient (Wildman–Crippen LogP) is 3.25. The lowest BCUT2D eigenvalue weighted by atomic mass is 9.81. The second-order valence-electron chi connectivity index (χ2n) is 9.40. The van der Waals surface area contributed by atoms with Crippen LogP contribution in [0.15, 0.2) is 77.0 Å². The highest BCUT2D eigenvalue weighted by atomic mass is 32.2. The first-order valence-electron chi connectivity index (χ1n) is 12.5. The van der Waals surface area contributed by atoms with Gasteiger partial charge >= 0.3 is 10.1 Å². The molecule has 12 heteroatoms. The Morgan fingerprint density at radius 1 is 1.05 bits per heavy atom. The number of carboxylic acids is 1. The minimum Gasteiger partial charge on any atom is -0.495 e. The molecular formula is C28H31N5O6S. The maximum Gasteiger partial charge on any atom is 0.311 e. The van der Waals surface area contributed by atoms with E-state index in [2.05, 4.69) is 4.98 Å². The highest BCUT2D eigenvalue weighted by Gasteiger charge is 2.50. The average molecular weight is 566 g/mol. The number of nitrogens with zero attached hydrogens (tertiary/aromatic N) is 4. The smallest absolute Gasteiger partial charge is 0.311 e. The molecule has 2 aliphatic heterocycles. The van der Waals surface area contributed by atoms with Gasteiger partial charge in [0.2, 0.25) is 0 Å². The minimum atomic E-state index is -3.71. The van der Waals surface area contributed by atoms with Crippen LogP contribution in [0.4, 0.5) is 0 Å². The number of hydrogen-bond acceptors (Lipinski definition) is 10. The topological polar surface area (TPSA) is 157 Å². The Morgan fingerprint density at radius 3 is 2.40 bits per heavy atom. The molecule has 3 aromatic rings. The zero-order chi connectivity index (χ0) is 29.1. The molecule has 11 nitrogen and oxygen atoms in total. The second-order valence-corrected chi connectivity index (χ2v) is 11.5. The molecule has 0 amide bonds. The summed E-state index contributed by atoms with van der Waals surface area (Å²) in [6.45, 7) is 5.50.